The Morgan fingerprint density at radius 3 is 2.83 bits per heavy atom. The summed E-state index contributed by atoms with van der Waals surface area (Å²) in [5, 5.41) is 16.9. The largest absolute Gasteiger partial charge is 0.411 e. The summed E-state index contributed by atoms with van der Waals surface area (Å²) < 4.78 is 5.52. The van der Waals surface area contributed by atoms with Gasteiger partial charge in [-0.25, -0.2) is 0 Å². The van der Waals surface area contributed by atoms with E-state index in [1.165, 1.54) is 11.8 Å². The maximum Gasteiger partial charge on any atom is 0.276 e. The van der Waals surface area contributed by atoms with E-state index in [4.69, 9.17) is 9.68 Å². The van der Waals surface area contributed by atoms with Crippen LogP contribution in [0.15, 0.2) is 34.2 Å². The molecule has 18 heavy (non-hydrogen) atoms. The topological polar surface area (TPSA) is 75.6 Å². The molecule has 0 bridgehead atoms. The zero-order valence-electron chi connectivity index (χ0n) is 9.74. The van der Waals surface area contributed by atoms with Crippen LogP contribution in [0, 0.1) is 11.3 Å². The minimum absolute atomic E-state index is 0.511. The Kier molecular flexibility index (Phi) is 4.73. The molecule has 2 aromatic rings. The van der Waals surface area contributed by atoms with Crippen LogP contribution >= 0.6 is 11.8 Å². The summed E-state index contributed by atoms with van der Waals surface area (Å²) in [4.78, 5) is 3.93. The second-order valence-electron chi connectivity index (χ2n) is 3.57. The Bertz CT molecular complexity index is 520. The second-order valence-corrected chi connectivity index (χ2v) is 4.62. The minimum atomic E-state index is 0.511. The number of pyridine rings is 1. The molecule has 5 nitrogen and oxygen atoms in total. The van der Waals surface area contributed by atoms with Crippen LogP contribution in [0.1, 0.15) is 19.3 Å². The van der Waals surface area contributed by atoms with Crippen molar-refractivity contribution in [2.45, 2.75) is 24.5 Å². The molecular weight excluding hydrogens is 248 g/mol. The normalized spacial score (nSPS) is 10.2. The first-order valence-electron chi connectivity index (χ1n) is 5.64. The van der Waals surface area contributed by atoms with Crippen LogP contribution in [0.5, 0.6) is 0 Å². The summed E-state index contributed by atoms with van der Waals surface area (Å²) in [6.07, 6.45) is 5.87. The van der Waals surface area contributed by atoms with Crippen molar-refractivity contribution in [3.63, 3.8) is 0 Å². The zero-order valence-corrected chi connectivity index (χ0v) is 10.6. The number of unbranched alkanes of at least 4 members (excludes halogenated alkanes) is 2. The van der Waals surface area contributed by atoms with Crippen molar-refractivity contribution in [2.24, 2.45) is 0 Å². The first-order chi connectivity index (χ1) is 8.90. The maximum absolute atomic E-state index is 8.41. The van der Waals surface area contributed by atoms with Crippen LogP contribution in [0.4, 0.5) is 0 Å². The molecule has 0 aliphatic rings. The highest BCUT2D eigenvalue weighted by Gasteiger charge is 2.08. The monoisotopic (exact) mass is 260 g/mol. The summed E-state index contributed by atoms with van der Waals surface area (Å²) in [6.45, 7) is 0. The summed E-state index contributed by atoms with van der Waals surface area (Å²) >= 11 is 1.52. The quantitative estimate of drug-likeness (QED) is 0.587. The molecule has 0 radical (unpaired) electrons. The van der Waals surface area contributed by atoms with Crippen molar-refractivity contribution < 1.29 is 4.42 Å². The molecule has 0 fully saturated rings. The highest BCUT2D eigenvalue weighted by Crippen LogP contribution is 2.23. The molecule has 0 aromatic carbocycles. The van der Waals surface area contributed by atoms with Gasteiger partial charge >= 0.3 is 0 Å². The Morgan fingerprint density at radius 2 is 2.06 bits per heavy atom. The lowest BCUT2D eigenvalue weighted by Crippen LogP contribution is -1.80. The van der Waals surface area contributed by atoms with Crippen LogP contribution in [0.3, 0.4) is 0 Å². The van der Waals surface area contributed by atoms with E-state index in [-0.39, 0.29) is 0 Å². The fourth-order valence-electron chi connectivity index (χ4n) is 1.34. The first kappa shape index (κ1) is 12.6. The summed E-state index contributed by atoms with van der Waals surface area (Å²) in [7, 11) is 0. The molecule has 2 heterocycles. The average Bonchev–Trinajstić information content (AvgIpc) is 2.88. The Balaban J connectivity index is 1.86. The van der Waals surface area contributed by atoms with E-state index in [2.05, 4.69) is 21.3 Å². The Labute approximate surface area is 109 Å². The van der Waals surface area contributed by atoms with Crippen LogP contribution in [-0.2, 0) is 0 Å². The van der Waals surface area contributed by atoms with Crippen molar-refractivity contribution >= 4 is 11.8 Å². The van der Waals surface area contributed by atoms with Crippen molar-refractivity contribution in [3.8, 4) is 17.5 Å². The molecule has 0 N–H and O–H groups in total. The highest BCUT2D eigenvalue weighted by atomic mass is 32.2. The van der Waals surface area contributed by atoms with Crippen LogP contribution in [-0.4, -0.2) is 20.9 Å². The molecule has 0 spiro atoms. The predicted molar refractivity (Wildman–Crippen MR) is 67.7 cm³/mol. The molecular formula is C12H12N4OS. The molecule has 92 valence electrons. The van der Waals surface area contributed by atoms with E-state index in [0.717, 1.165) is 24.2 Å². The third-order valence-electron chi connectivity index (χ3n) is 2.24. The fourth-order valence-corrected chi connectivity index (χ4v) is 2.10. The molecule has 0 aliphatic heterocycles. The van der Waals surface area contributed by atoms with E-state index in [1.807, 2.05) is 12.1 Å². The Hall–Kier alpha value is -1.87. The van der Waals surface area contributed by atoms with Gasteiger partial charge in [0, 0.05) is 30.1 Å². The third-order valence-corrected chi connectivity index (χ3v) is 3.15. The maximum atomic E-state index is 8.41. The van der Waals surface area contributed by atoms with Crippen molar-refractivity contribution in [1.29, 1.82) is 5.26 Å². The van der Waals surface area contributed by atoms with Gasteiger partial charge in [-0.05, 0) is 25.0 Å². The lowest BCUT2D eigenvalue weighted by molar-refractivity contribution is 0.465. The molecule has 0 atom stereocenters. The third kappa shape index (κ3) is 3.57. The van der Waals surface area contributed by atoms with Gasteiger partial charge in [0.25, 0.3) is 5.22 Å². The molecule has 0 saturated carbocycles. The molecule has 0 aliphatic carbocycles. The van der Waals surface area contributed by atoms with Crippen molar-refractivity contribution in [1.82, 2.24) is 15.2 Å². The first-order valence-corrected chi connectivity index (χ1v) is 6.62. The number of hydrogen-bond acceptors (Lipinski definition) is 6. The predicted octanol–water partition coefficient (Wildman–Crippen LogP) is 2.92. The van der Waals surface area contributed by atoms with Gasteiger partial charge in [0.1, 0.15) is 0 Å². The smallest absolute Gasteiger partial charge is 0.276 e. The van der Waals surface area contributed by atoms with Gasteiger partial charge in [-0.2, -0.15) is 5.26 Å². The van der Waals surface area contributed by atoms with E-state index < -0.39 is 0 Å². The number of thioether (sulfide) groups is 1. The van der Waals surface area contributed by atoms with Gasteiger partial charge < -0.3 is 4.42 Å². The summed E-state index contributed by atoms with van der Waals surface area (Å²) in [6, 6.07) is 5.78. The standard InChI is InChI=1S/C12H12N4OS/c13-6-2-1-3-9-18-12-16-15-11(17-12)10-4-7-14-8-5-10/h4-5,7-8H,1-3,9H2. The SMILES string of the molecule is N#CCCCCSc1nnc(-c2ccncc2)o1. The lowest BCUT2D eigenvalue weighted by Gasteiger charge is -1.94. The lowest BCUT2D eigenvalue weighted by atomic mass is 10.3. The number of nitriles is 1. The van der Waals surface area contributed by atoms with E-state index in [9.17, 15) is 0 Å². The summed E-state index contributed by atoms with van der Waals surface area (Å²) in [5.74, 6) is 1.40. The second kappa shape index (κ2) is 6.77. The molecule has 2 aromatic heterocycles. The van der Waals surface area contributed by atoms with Crippen LogP contribution in [0.2, 0.25) is 0 Å². The number of nitrogens with zero attached hydrogens (tertiary/aromatic N) is 4. The van der Waals surface area contributed by atoms with E-state index >= 15 is 0 Å². The minimum Gasteiger partial charge on any atom is -0.411 e. The van der Waals surface area contributed by atoms with Crippen molar-refractivity contribution in [3.05, 3.63) is 24.5 Å². The molecule has 0 unspecified atom stereocenters. The van der Waals surface area contributed by atoms with Gasteiger partial charge in [-0.15, -0.1) is 10.2 Å². The van der Waals surface area contributed by atoms with Gasteiger partial charge in [-0.1, -0.05) is 11.8 Å². The Morgan fingerprint density at radius 1 is 1.22 bits per heavy atom. The van der Waals surface area contributed by atoms with Crippen molar-refractivity contribution in [2.75, 3.05) is 5.75 Å². The van der Waals surface area contributed by atoms with Gasteiger partial charge in [0.05, 0.1) is 6.07 Å². The van der Waals surface area contributed by atoms with Gasteiger partial charge in [-0.3, -0.25) is 4.98 Å². The van der Waals surface area contributed by atoms with Crippen LogP contribution in [0.25, 0.3) is 11.5 Å². The summed E-state index contributed by atoms with van der Waals surface area (Å²) in [5.41, 5.74) is 0.869. The highest BCUT2D eigenvalue weighted by molar-refractivity contribution is 7.99. The number of hydrogen-bond donors (Lipinski definition) is 0. The zero-order chi connectivity index (χ0) is 12.6. The number of aromatic nitrogens is 3. The fraction of sp³-hybridized carbons (Fsp3) is 0.333. The number of rotatable bonds is 6. The van der Waals surface area contributed by atoms with Crippen LogP contribution < -0.4 is 0 Å². The molecule has 6 heteroatoms. The van der Waals surface area contributed by atoms with Gasteiger partial charge in [0.15, 0.2) is 0 Å². The van der Waals surface area contributed by atoms with E-state index in [1.54, 1.807) is 12.4 Å². The molecule has 2 rings (SSSR count). The van der Waals surface area contributed by atoms with E-state index in [0.29, 0.717) is 17.5 Å². The van der Waals surface area contributed by atoms with Gasteiger partial charge in [0.2, 0.25) is 5.89 Å². The molecule has 0 saturated heterocycles. The average molecular weight is 260 g/mol. The molecule has 0 amide bonds.